The lowest BCUT2D eigenvalue weighted by atomic mass is 10.3. The number of aromatic nitrogens is 2. The van der Waals surface area contributed by atoms with Gasteiger partial charge in [0.2, 0.25) is 11.0 Å². The first-order chi connectivity index (χ1) is 9.19. The lowest BCUT2D eigenvalue weighted by Crippen LogP contribution is -2.24. The summed E-state index contributed by atoms with van der Waals surface area (Å²) in [5.74, 6) is -0.0347. The van der Waals surface area contributed by atoms with Crippen LogP contribution in [0.4, 0.5) is 10.8 Å². The van der Waals surface area contributed by atoms with Crippen LogP contribution in [0.1, 0.15) is 13.3 Å². The van der Waals surface area contributed by atoms with Crippen LogP contribution < -0.4 is 11.1 Å². The van der Waals surface area contributed by atoms with E-state index in [9.17, 15) is 4.79 Å². The molecule has 5 nitrogen and oxygen atoms in total. The molecule has 2 rings (SSSR count). The highest BCUT2D eigenvalue weighted by atomic mass is 32.2. The Kier molecular flexibility index (Phi) is 4.75. The van der Waals surface area contributed by atoms with Gasteiger partial charge in [-0.25, -0.2) is 0 Å². The van der Waals surface area contributed by atoms with Crippen molar-refractivity contribution in [3.05, 3.63) is 30.3 Å². The molecule has 0 aliphatic carbocycles. The van der Waals surface area contributed by atoms with E-state index in [4.69, 9.17) is 5.73 Å². The van der Waals surface area contributed by atoms with Crippen LogP contribution in [0.5, 0.6) is 0 Å². The van der Waals surface area contributed by atoms with Gasteiger partial charge < -0.3 is 11.1 Å². The highest BCUT2D eigenvalue weighted by Crippen LogP contribution is 2.29. The zero-order valence-electron chi connectivity index (χ0n) is 10.4. The molecule has 1 amide bonds. The summed E-state index contributed by atoms with van der Waals surface area (Å²) in [6.45, 7) is 1.96. The fourth-order valence-corrected chi connectivity index (χ4v) is 3.26. The quantitative estimate of drug-likeness (QED) is 0.829. The number of benzene rings is 1. The number of nitrogens with one attached hydrogen (secondary N) is 1. The van der Waals surface area contributed by atoms with Crippen LogP contribution >= 0.6 is 23.1 Å². The number of carbonyl (C=O) groups excluding carboxylic acids is 1. The lowest BCUT2D eigenvalue weighted by molar-refractivity contribution is -0.115. The van der Waals surface area contributed by atoms with Crippen molar-refractivity contribution in [1.29, 1.82) is 0 Å². The minimum absolute atomic E-state index is 0.0347. The molecule has 0 bridgehead atoms. The van der Waals surface area contributed by atoms with Gasteiger partial charge in [-0.2, -0.15) is 0 Å². The summed E-state index contributed by atoms with van der Waals surface area (Å²) in [5, 5.41) is 10.8. The molecule has 1 unspecified atom stereocenters. The van der Waals surface area contributed by atoms with Gasteiger partial charge in [-0.05, 0) is 18.6 Å². The average Bonchev–Trinajstić information content (AvgIpc) is 2.82. The molecule has 0 radical (unpaired) electrons. The second kappa shape index (κ2) is 6.53. The van der Waals surface area contributed by atoms with E-state index in [1.54, 1.807) is 0 Å². The Morgan fingerprint density at radius 2 is 2.16 bits per heavy atom. The molecule has 1 heterocycles. The summed E-state index contributed by atoms with van der Waals surface area (Å²) in [5.41, 5.74) is 6.32. The highest BCUT2D eigenvalue weighted by Gasteiger charge is 2.20. The second-order valence-electron chi connectivity index (χ2n) is 3.78. The Morgan fingerprint density at radius 1 is 1.42 bits per heavy atom. The Labute approximate surface area is 119 Å². The number of nitrogen functional groups attached to an aromatic ring is 1. The van der Waals surface area contributed by atoms with Crippen LogP contribution in [-0.4, -0.2) is 21.4 Å². The number of amides is 1. The molecule has 2 aromatic rings. The topological polar surface area (TPSA) is 80.9 Å². The van der Waals surface area contributed by atoms with Crippen molar-refractivity contribution in [2.24, 2.45) is 0 Å². The minimum Gasteiger partial charge on any atom is -0.374 e. The molecule has 1 atom stereocenters. The van der Waals surface area contributed by atoms with Crippen LogP contribution in [0.25, 0.3) is 0 Å². The number of hydrogen-bond donors (Lipinski definition) is 2. The van der Waals surface area contributed by atoms with Crippen molar-refractivity contribution < 1.29 is 4.79 Å². The van der Waals surface area contributed by atoms with Crippen molar-refractivity contribution in [3.8, 4) is 0 Å². The van der Waals surface area contributed by atoms with E-state index in [0.717, 1.165) is 5.69 Å². The van der Waals surface area contributed by atoms with Gasteiger partial charge in [0.15, 0.2) is 4.34 Å². The van der Waals surface area contributed by atoms with E-state index in [1.807, 2.05) is 37.3 Å². The third-order valence-corrected chi connectivity index (χ3v) is 4.57. The summed E-state index contributed by atoms with van der Waals surface area (Å²) < 4.78 is 0.715. The van der Waals surface area contributed by atoms with Gasteiger partial charge in [0.1, 0.15) is 0 Å². The van der Waals surface area contributed by atoms with Crippen molar-refractivity contribution in [3.63, 3.8) is 0 Å². The minimum atomic E-state index is -0.201. The number of anilines is 2. The van der Waals surface area contributed by atoms with Gasteiger partial charge in [-0.1, -0.05) is 48.2 Å². The zero-order chi connectivity index (χ0) is 13.7. The van der Waals surface area contributed by atoms with Crippen molar-refractivity contribution in [2.75, 3.05) is 11.1 Å². The number of rotatable bonds is 5. The molecule has 7 heteroatoms. The zero-order valence-corrected chi connectivity index (χ0v) is 12.0. The Bertz CT molecular complexity index is 544. The maximum Gasteiger partial charge on any atom is 0.237 e. The molecular weight excluding hydrogens is 280 g/mol. The fourth-order valence-electron chi connectivity index (χ4n) is 1.46. The number of carbonyl (C=O) groups is 1. The predicted octanol–water partition coefficient (Wildman–Crippen LogP) is 2.63. The number of para-hydroxylation sites is 1. The largest absolute Gasteiger partial charge is 0.374 e. The van der Waals surface area contributed by atoms with Crippen LogP contribution in [0.15, 0.2) is 34.7 Å². The maximum atomic E-state index is 12.1. The Balaban J connectivity index is 1.99. The summed E-state index contributed by atoms with van der Waals surface area (Å²) in [6, 6.07) is 9.40. The van der Waals surface area contributed by atoms with E-state index in [0.29, 0.717) is 15.9 Å². The van der Waals surface area contributed by atoms with Gasteiger partial charge in [-0.15, -0.1) is 10.2 Å². The molecule has 1 aromatic carbocycles. The molecule has 0 saturated carbocycles. The van der Waals surface area contributed by atoms with E-state index in [-0.39, 0.29) is 11.2 Å². The van der Waals surface area contributed by atoms with Crippen molar-refractivity contribution in [2.45, 2.75) is 22.9 Å². The monoisotopic (exact) mass is 294 g/mol. The Hall–Kier alpha value is -1.60. The first-order valence-electron chi connectivity index (χ1n) is 5.80. The van der Waals surface area contributed by atoms with E-state index < -0.39 is 0 Å². The number of hydrogen-bond acceptors (Lipinski definition) is 6. The van der Waals surface area contributed by atoms with Crippen molar-refractivity contribution in [1.82, 2.24) is 10.2 Å². The molecule has 0 spiro atoms. The maximum absolute atomic E-state index is 12.1. The smallest absolute Gasteiger partial charge is 0.237 e. The van der Waals surface area contributed by atoms with Crippen LogP contribution in [-0.2, 0) is 4.79 Å². The molecule has 0 saturated heterocycles. The summed E-state index contributed by atoms with van der Waals surface area (Å²) >= 11 is 2.68. The van der Waals surface area contributed by atoms with E-state index >= 15 is 0 Å². The van der Waals surface area contributed by atoms with Gasteiger partial charge in [0, 0.05) is 5.69 Å². The summed E-state index contributed by atoms with van der Waals surface area (Å²) in [6.07, 6.45) is 0.711. The molecule has 19 heavy (non-hydrogen) atoms. The van der Waals surface area contributed by atoms with E-state index in [2.05, 4.69) is 15.5 Å². The number of nitrogens with zero attached hydrogens (tertiary/aromatic N) is 2. The van der Waals surface area contributed by atoms with Gasteiger partial charge in [-0.3, -0.25) is 4.79 Å². The van der Waals surface area contributed by atoms with E-state index in [1.165, 1.54) is 23.1 Å². The van der Waals surface area contributed by atoms with Gasteiger partial charge in [0.05, 0.1) is 5.25 Å². The molecule has 0 fully saturated rings. The van der Waals surface area contributed by atoms with Crippen molar-refractivity contribution >= 4 is 39.8 Å². The molecule has 0 aliphatic heterocycles. The first kappa shape index (κ1) is 13.8. The third-order valence-electron chi connectivity index (χ3n) is 2.37. The fraction of sp³-hybridized carbons (Fsp3) is 0.250. The molecule has 3 N–H and O–H groups in total. The predicted molar refractivity (Wildman–Crippen MR) is 79.3 cm³/mol. The summed E-state index contributed by atoms with van der Waals surface area (Å²) in [7, 11) is 0. The van der Waals surface area contributed by atoms with Gasteiger partial charge in [0.25, 0.3) is 0 Å². The van der Waals surface area contributed by atoms with Crippen LogP contribution in [0.2, 0.25) is 0 Å². The lowest BCUT2D eigenvalue weighted by Gasteiger charge is -2.12. The standard InChI is InChI=1S/C12H14N4OS2/c1-2-9(18-12-16-15-11(13)19-12)10(17)14-8-6-4-3-5-7-8/h3-7,9H,2H2,1H3,(H2,13,15)(H,14,17). The summed E-state index contributed by atoms with van der Waals surface area (Å²) in [4.78, 5) is 12.1. The average molecular weight is 294 g/mol. The SMILES string of the molecule is CCC(Sc1nnc(N)s1)C(=O)Nc1ccccc1. The van der Waals surface area contributed by atoms with Crippen LogP contribution in [0.3, 0.4) is 0 Å². The highest BCUT2D eigenvalue weighted by molar-refractivity contribution is 8.02. The molecule has 0 aliphatic rings. The molecule has 100 valence electrons. The Morgan fingerprint density at radius 3 is 2.74 bits per heavy atom. The second-order valence-corrected chi connectivity index (χ2v) is 6.24. The normalized spacial score (nSPS) is 12.1. The number of thioether (sulfide) groups is 1. The molecular formula is C12H14N4OS2. The van der Waals surface area contributed by atoms with Crippen LogP contribution in [0, 0.1) is 0 Å². The third kappa shape index (κ3) is 3.93. The molecule has 1 aromatic heterocycles. The number of nitrogens with two attached hydrogens (primary N) is 1. The first-order valence-corrected chi connectivity index (χ1v) is 7.50. The van der Waals surface area contributed by atoms with Gasteiger partial charge >= 0.3 is 0 Å².